The van der Waals surface area contributed by atoms with Gasteiger partial charge in [-0.25, -0.2) is 4.98 Å². The van der Waals surface area contributed by atoms with E-state index in [1.54, 1.807) is 18.3 Å². The number of ether oxygens (including phenoxy) is 1. The largest absolute Gasteiger partial charge is 0.466 e. The zero-order valence-corrected chi connectivity index (χ0v) is 12.6. The van der Waals surface area contributed by atoms with Crippen molar-refractivity contribution in [2.24, 2.45) is 0 Å². The lowest BCUT2D eigenvalue weighted by atomic mass is 10.2. The van der Waals surface area contributed by atoms with Crippen LogP contribution in [0.15, 0.2) is 16.1 Å². The van der Waals surface area contributed by atoms with Crippen molar-refractivity contribution >= 4 is 33.8 Å². The number of anilines is 1. The minimum atomic E-state index is -0.229. The Hall–Kier alpha value is -1.40. The molecule has 4 nitrogen and oxygen atoms in total. The number of nitrogens with zero attached hydrogens (tertiary/aromatic N) is 1. The summed E-state index contributed by atoms with van der Waals surface area (Å²) in [5.41, 5.74) is 3.33. The quantitative estimate of drug-likeness (QED) is 0.832. The Morgan fingerprint density at radius 3 is 2.95 bits per heavy atom. The van der Waals surface area contributed by atoms with Crippen molar-refractivity contribution < 1.29 is 9.53 Å². The maximum atomic E-state index is 11.3. The Balaban J connectivity index is 1.87. The molecule has 0 aromatic carbocycles. The van der Waals surface area contributed by atoms with Gasteiger partial charge < -0.3 is 10.1 Å². The molecule has 0 spiro atoms. The molecule has 0 amide bonds. The molecule has 0 saturated carbocycles. The van der Waals surface area contributed by atoms with Crippen LogP contribution >= 0.6 is 22.7 Å². The first-order valence-electron chi connectivity index (χ1n) is 6.04. The molecule has 1 N–H and O–H groups in total. The van der Waals surface area contributed by atoms with Gasteiger partial charge in [0.25, 0.3) is 0 Å². The fraction of sp³-hybridized carbons (Fsp3) is 0.385. The standard InChI is InChI=1S/C13H16N2O2S2/c1-3-17-12(16)4-11-8-19-13(15-11)14-5-10-7-18-6-9(10)2/h6-8H,3-5H2,1-2H3,(H,14,15). The smallest absolute Gasteiger partial charge is 0.311 e. The van der Waals surface area contributed by atoms with Crippen LogP contribution in [-0.2, 0) is 22.5 Å². The highest BCUT2D eigenvalue weighted by Crippen LogP contribution is 2.19. The summed E-state index contributed by atoms with van der Waals surface area (Å²) in [5.74, 6) is -0.229. The molecule has 102 valence electrons. The van der Waals surface area contributed by atoms with Gasteiger partial charge in [-0.2, -0.15) is 11.3 Å². The van der Waals surface area contributed by atoms with Gasteiger partial charge in [0.15, 0.2) is 5.13 Å². The summed E-state index contributed by atoms with van der Waals surface area (Å²) in [4.78, 5) is 15.7. The van der Waals surface area contributed by atoms with Crippen molar-refractivity contribution in [1.29, 1.82) is 0 Å². The van der Waals surface area contributed by atoms with E-state index >= 15 is 0 Å². The van der Waals surface area contributed by atoms with Crippen LogP contribution in [-0.4, -0.2) is 17.6 Å². The van der Waals surface area contributed by atoms with Gasteiger partial charge in [0.1, 0.15) is 0 Å². The minimum absolute atomic E-state index is 0.229. The summed E-state index contributed by atoms with van der Waals surface area (Å²) in [5, 5.41) is 10.3. The van der Waals surface area contributed by atoms with Crippen LogP contribution in [0.4, 0.5) is 5.13 Å². The van der Waals surface area contributed by atoms with E-state index in [1.165, 1.54) is 22.5 Å². The number of nitrogens with one attached hydrogen (secondary N) is 1. The number of aryl methyl sites for hydroxylation is 1. The minimum Gasteiger partial charge on any atom is -0.466 e. The molecule has 2 aromatic heterocycles. The number of thiophene rings is 1. The van der Waals surface area contributed by atoms with Gasteiger partial charge >= 0.3 is 5.97 Å². The molecular formula is C13H16N2O2S2. The molecule has 2 rings (SSSR count). The Bertz CT molecular complexity index is 548. The van der Waals surface area contributed by atoms with Crippen molar-refractivity contribution in [3.8, 4) is 0 Å². The monoisotopic (exact) mass is 296 g/mol. The summed E-state index contributed by atoms with van der Waals surface area (Å²) in [6.45, 7) is 5.07. The van der Waals surface area contributed by atoms with E-state index in [2.05, 4.69) is 28.0 Å². The highest BCUT2D eigenvalue weighted by Gasteiger charge is 2.08. The van der Waals surface area contributed by atoms with Crippen LogP contribution in [0.3, 0.4) is 0 Å². The lowest BCUT2D eigenvalue weighted by molar-refractivity contribution is -0.142. The SMILES string of the molecule is CCOC(=O)Cc1csc(NCc2cscc2C)n1. The van der Waals surface area contributed by atoms with Gasteiger partial charge in [-0.05, 0) is 35.7 Å². The number of thiazole rings is 1. The van der Waals surface area contributed by atoms with E-state index < -0.39 is 0 Å². The fourth-order valence-electron chi connectivity index (χ4n) is 1.57. The van der Waals surface area contributed by atoms with Crippen molar-refractivity contribution in [2.45, 2.75) is 26.8 Å². The highest BCUT2D eigenvalue weighted by atomic mass is 32.1. The predicted octanol–water partition coefficient (Wildman–Crippen LogP) is 3.23. The first kappa shape index (κ1) is 14.0. The third-order valence-corrected chi connectivity index (χ3v) is 4.33. The van der Waals surface area contributed by atoms with Crippen LogP contribution in [0.2, 0.25) is 0 Å². The lowest BCUT2D eigenvalue weighted by Crippen LogP contribution is -2.07. The fourth-order valence-corrected chi connectivity index (χ4v) is 3.13. The van der Waals surface area contributed by atoms with Crippen molar-refractivity contribution in [1.82, 2.24) is 4.98 Å². The summed E-state index contributed by atoms with van der Waals surface area (Å²) in [7, 11) is 0. The number of carbonyl (C=O) groups is 1. The topological polar surface area (TPSA) is 51.2 Å². The summed E-state index contributed by atoms with van der Waals surface area (Å²) >= 11 is 3.21. The number of carbonyl (C=O) groups excluding carboxylic acids is 1. The molecule has 0 unspecified atom stereocenters. The van der Waals surface area contributed by atoms with E-state index in [9.17, 15) is 4.79 Å². The Labute approximate surface area is 120 Å². The lowest BCUT2D eigenvalue weighted by Gasteiger charge is -2.01. The number of esters is 1. The number of hydrogen-bond acceptors (Lipinski definition) is 6. The molecule has 0 atom stereocenters. The molecule has 19 heavy (non-hydrogen) atoms. The number of hydrogen-bond donors (Lipinski definition) is 1. The zero-order chi connectivity index (χ0) is 13.7. The molecule has 0 aliphatic rings. The molecule has 0 saturated heterocycles. The zero-order valence-electron chi connectivity index (χ0n) is 10.9. The molecule has 0 bridgehead atoms. The summed E-state index contributed by atoms with van der Waals surface area (Å²) in [6, 6.07) is 0. The second-order valence-electron chi connectivity index (χ2n) is 4.06. The predicted molar refractivity (Wildman–Crippen MR) is 78.8 cm³/mol. The van der Waals surface area contributed by atoms with E-state index in [-0.39, 0.29) is 12.4 Å². The second-order valence-corrected chi connectivity index (χ2v) is 5.66. The number of aromatic nitrogens is 1. The van der Waals surface area contributed by atoms with Gasteiger partial charge in [-0.15, -0.1) is 11.3 Å². The van der Waals surface area contributed by atoms with Crippen molar-refractivity contribution in [3.63, 3.8) is 0 Å². The molecular weight excluding hydrogens is 280 g/mol. The van der Waals surface area contributed by atoms with Gasteiger partial charge in [0.05, 0.1) is 18.7 Å². The van der Waals surface area contributed by atoms with Gasteiger partial charge in [-0.1, -0.05) is 0 Å². The highest BCUT2D eigenvalue weighted by molar-refractivity contribution is 7.13. The first-order valence-corrected chi connectivity index (χ1v) is 7.87. The first-order chi connectivity index (χ1) is 9.19. The Morgan fingerprint density at radius 2 is 2.26 bits per heavy atom. The van der Waals surface area contributed by atoms with Crippen LogP contribution in [0.25, 0.3) is 0 Å². The van der Waals surface area contributed by atoms with Crippen molar-refractivity contribution in [3.05, 3.63) is 33.0 Å². The van der Waals surface area contributed by atoms with Gasteiger partial charge in [0.2, 0.25) is 0 Å². The summed E-state index contributed by atoms with van der Waals surface area (Å²) in [6.07, 6.45) is 0.240. The van der Waals surface area contributed by atoms with Gasteiger partial charge in [0, 0.05) is 11.9 Å². The maximum Gasteiger partial charge on any atom is 0.311 e. The third kappa shape index (κ3) is 4.04. The molecule has 0 radical (unpaired) electrons. The van der Waals surface area contributed by atoms with Gasteiger partial charge in [-0.3, -0.25) is 4.79 Å². The Kier molecular flexibility index (Phi) is 4.93. The van der Waals surface area contributed by atoms with Crippen LogP contribution in [0.5, 0.6) is 0 Å². The Morgan fingerprint density at radius 1 is 1.42 bits per heavy atom. The summed E-state index contributed by atoms with van der Waals surface area (Å²) < 4.78 is 4.90. The second kappa shape index (κ2) is 6.68. The average Bonchev–Trinajstić information content (AvgIpc) is 2.96. The molecule has 0 fully saturated rings. The molecule has 6 heteroatoms. The van der Waals surface area contributed by atoms with Crippen LogP contribution < -0.4 is 5.32 Å². The van der Waals surface area contributed by atoms with Crippen molar-refractivity contribution in [2.75, 3.05) is 11.9 Å². The normalized spacial score (nSPS) is 10.4. The van der Waals surface area contributed by atoms with E-state index in [4.69, 9.17) is 4.74 Å². The third-order valence-electron chi connectivity index (χ3n) is 2.57. The number of rotatable bonds is 6. The van der Waals surface area contributed by atoms with Crippen LogP contribution in [0, 0.1) is 6.92 Å². The molecule has 0 aliphatic carbocycles. The molecule has 0 aliphatic heterocycles. The molecule has 2 aromatic rings. The van der Waals surface area contributed by atoms with Crippen LogP contribution in [0.1, 0.15) is 23.7 Å². The maximum absolute atomic E-state index is 11.3. The average molecular weight is 296 g/mol. The van der Waals surface area contributed by atoms with E-state index in [0.29, 0.717) is 6.61 Å². The molecule has 2 heterocycles. The van der Waals surface area contributed by atoms with E-state index in [1.807, 2.05) is 5.38 Å². The van der Waals surface area contributed by atoms with E-state index in [0.717, 1.165) is 17.4 Å².